The molecule has 1 aliphatic rings. The van der Waals surface area contributed by atoms with E-state index >= 15 is 0 Å². The van der Waals surface area contributed by atoms with Crippen molar-refractivity contribution in [1.29, 1.82) is 0 Å². The minimum atomic E-state index is -4.50. The fourth-order valence-electron chi connectivity index (χ4n) is 2.85. The molecule has 7 nitrogen and oxygen atoms in total. The van der Waals surface area contributed by atoms with E-state index in [1.807, 2.05) is 18.7 Å². The van der Waals surface area contributed by atoms with Gasteiger partial charge in [-0.25, -0.2) is 8.42 Å². The first-order chi connectivity index (χ1) is 13.1. The van der Waals surface area contributed by atoms with Crippen molar-refractivity contribution in [1.82, 2.24) is 19.3 Å². The molecule has 0 atom stereocenters. The van der Waals surface area contributed by atoms with Gasteiger partial charge < -0.3 is 4.52 Å². The summed E-state index contributed by atoms with van der Waals surface area (Å²) in [4.78, 5) is 6.15. The van der Waals surface area contributed by atoms with Crippen molar-refractivity contribution in [3.8, 4) is 0 Å². The Morgan fingerprint density at radius 3 is 2.21 bits per heavy atom. The van der Waals surface area contributed by atoms with Gasteiger partial charge in [0.2, 0.25) is 15.9 Å². The molecule has 0 unspecified atom stereocenters. The summed E-state index contributed by atoms with van der Waals surface area (Å²) >= 11 is 0. The van der Waals surface area contributed by atoms with E-state index in [9.17, 15) is 21.6 Å². The third-order valence-electron chi connectivity index (χ3n) is 4.51. The van der Waals surface area contributed by atoms with Gasteiger partial charge in [-0.2, -0.15) is 22.5 Å². The highest BCUT2D eigenvalue weighted by Gasteiger charge is 2.32. The molecule has 0 bridgehead atoms. The first kappa shape index (κ1) is 20.7. The first-order valence-corrected chi connectivity index (χ1v) is 10.2. The molecular weight excluding hydrogens is 397 g/mol. The standard InChI is InChI=1S/C17H21F3N4O3S/c1-12(2)16-21-15(27-22-16)11-23-7-9-24(10-8-23)28(25,26)14-5-3-13(4-6-14)17(18,19)20/h3-6,12H,7-11H2,1-2H3. The number of sulfonamides is 1. The van der Waals surface area contributed by atoms with E-state index in [1.165, 1.54) is 4.31 Å². The van der Waals surface area contributed by atoms with Gasteiger partial charge in [0.15, 0.2) is 5.82 Å². The van der Waals surface area contributed by atoms with Crippen LogP contribution in [0.15, 0.2) is 33.7 Å². The molecule has 154 valence electrons. The Kier molecular flexibility index (Phi) is 5.78. The first-order valence-electron chi connectivity index (χ1n) is 8.79. The Bertz CT molecular complexity index is 902. The van der Waals surface area contributed by atoms with Gasteiger partial charge >= 0.3 is 6.18 Å². The van der Waals surface area contributed by atoms with Crippen LogP contribution in [0, 0.1) is 0 Å². The smallest absolute Gasteiger partial charge is 0.338 e. The minimum Gasteiger partial charge on any atom is -0.338 e. The summed E-state index contributed by atoms with van der Waals surface area (Å²) in [6.45, 7) is 5.72. The predicted molar refractivity (Wildman–Crippen MR) is 93.9 cm³/mol. The van der Waals surface area contributed by atoms with E-state index in [2.05, 4.69) is 10.1 Å². The van der Waals surface area contributed by atoms with Crippen LogP contribution >= 0.6 is 0 Å². The number of alkyl halides is 3. The summed E-state index contributed by atoms with van der Waals surface area (Å²) < 4.78 is 69.8. The summed E-state index contributed by atoms with van der Waals surface area (Å²) in [6.07, 6.45) is -4.50. The molecule has 1 aromatic carbocycles. The number of hydrogen-bond donors (Lipinski definition) is 0. The second-order valence-corrected chi connectivity index (χ2v) is 8.84. The average molecular weight is 418 g/mol. The minimum absolute atomic E-state index is 0.146. The van der Waals surface area contributed by atoms with E-state index in [0.717, 1.165) is 24.3 Å². The Labute approximate surface area is 161 Å². The van der Waals surface area contributed by atoms with Crippen molar-refractivity contribution in [3.05, 3.63) is 41.5 Å². The summed E-state index contributed by atoms with van der Waals surface area (Å²) in [6, 6.07) is 3.56. The van der Waals surface area contributed by atoms with Crippen LogP contribution in [0.25, 0.3) is 0 Å². The predicted octanol–water partition coefficient (Wildman–Crippen LogP) is 2.72. The van der Waals surface area contributed by atoms with Crippen molar-refractivity contribution in [2.45, 2.75) is 37.4 Å². The van der Waals surface area contributed by atoms with E-state index in [-0.39, 0.29) is 23.9 Å². The van der Waals surface area contributed by atoms with E-state index in [0.29, 0.717) is 31.3 Å². The molecule has 0 spiro atoms. The lowest BCUT2D eigenvalue weighted by Crippen LogP contribution is -2.48. The molecule has 11 heteroatoms. The lowest BCUT2D eigenvalue weighted by atomic mass is 10.2. The van der Waals surface area contributed by atoms with Crippen LogP contribution in [-0.2, 0) is 22.7 Å². The van der Waals surface area contributed by atoms with E-state index in [4.69, 9.17) is 4.52 Å². The molecule has 0 N–H and O–H groups in total. The maximum Gasteiger partial charge on any atom is 0.416 e. The second kappa shape index (κ2) is 7.80. The highest BCUT2D eigenvalue weighted by atomic mass is 32.2. The Hall–Kier alpha value is -1.98. The summed E-state index contributed by atoms with van der Waals surface area (Å²) in [5.74, 6) is 1.25. The number of piperazine rings is 1. The second-order valence-electron chi connectivity index (χ2n) is 6.90. The molecular formula is C17H21F3N4O3S. The van der Waals surface area contributed by atoms with Crippen molar-refractivity contribution >= 4 is 10.0 Å². The largest absolute Gasteiger partial charge is 0.416 e. The fraction of sp³-hybridized carbons (Fsp3) is 0.529. The summed E-state index contributed by atoms with van der Waals surface area (Å²) in [5, 5.41) is 3.90. The molecule has 0 amide bonds. The fourth-order valence-corrected chi connectivity index (χ4v) is 4.27. The molecule has 1 fully saturated rings. The monoisotopic (exact) mass is 418 g/mol. The van der Waals surface area contributed by atoms with Crippen LogP contribution in [-0.4, -0.2) is 53.9 Å². The zero-order valence-electron chi connectivity index (χ0n) is 15.5. The van der Waals surface area contributed by atoms with Crippen LogP contribution in [0.5, 0.6) is 0 Å². The molecule has 1 saturated heterocycles. The molecule has 1 aliphatic heterocycles. The number of rotatable bonds is 5. The third kappa shape index (κ3) is 4.53. The van der Waals surface area contributed by atoms with Gasteiger partial charge in [-0.1, -0.05) is 19.0 Å². The van der Waals surface area contributed by atoms with Gasteiger partial charge in [0.25, 0.3) is 0 Å². The molecule has 0 radical (unpaired) electrons. The van der Waals surface area contributed by atoms with Crippen LogP contribution in [0.1, 0.15) is 37.0 Å². The van der Waals surface area contributed by atoms with Crippen LogP contribution in [0.2, 0.25) is 0 Å². The van der Waals surface area contributed by atoms with Crippen LogP contribution in [0.3, 0.4) is 0 Å². The third-order valence-corrected chi connectivity index (χ3v) is 6.42. The number of nitrogens with zero attached hydrogens (tertiary/aromatic N) is 4. The number of hydrogen-bond acceptors (Lipinski definition) is 6. The number of aromatic nitrogens is 2. The van der Waals surface area contributed by atoms with E-state index < -0.39 is 21.8 Å². The summed E-state index contributed by atoms with van der Waals surface area (Å²) in [5.41, 5.74) is -0.878. The van der Waals surface area contributed by atoms with Gasteiger partial charge in [-0.05, 0) is 24.3 Å². The normalized spacial score (nSPS) is 17.4. The quantitative estimate of drug-likeness (QED) is 0.743. The maximum absolute atomic E-state index is 12.7. The molecule has 2 heterocycles. The topological polar surface area (TPSA) is 79.5 Å². The molecule has 0 saturated carbocycles. The highest BCUT2D eigenvalue weighted by Crippen LogP contribution is 2.30. The van der Waals surface area contributed by atoms with Gasteiger partial charge in [-0.3, -0.25) is 4.90 Å². The van der Waals surface area contributed by atoms with Crippen molar-refractivity contribution in [3.63, 3.8) is 0 Å². The van der Waals surface area contributed by atoms with Gasteiger partial charge in [0.1, 0.15) is 0 Å². The molecule has 3 rings (SSSR count). The van der Waals surface area contributed by atoms with Crippen molar-refractivity contribution < 1.29 is 26.1 Å². The zero-order valence-corrected chi connectivity index (χ0v) is 16.3. The molecule has 2 aromatic rings. The molecule has 1 aromatic heterocycles. The molecule has 0 aliphatic carbocycles. The number of halogens is 3. The van der Waals surface area contributed by atoms with Crippen LogP contribution in [0.4, 0.5) is 13.2 Å². The lowest BCUT2D eigenvalue weighted by molar-refractivity contribution is -0.137. The van der Waals surface area contributed by atoms with Gasteiger partial charge in [0, 0.05) is 32.1 Å². The lowest BCUT2D eigenvalue weighted by Gasteiger charge is -2.33. The Morgan fingerprint density at radius 1 is 1.11 bits per heavy atom. The molecule has 28 heavy (non-hydrogen) atoms. The zero-order chi connectivity index (χ0) is 20.5. The number of benzene rings is 1. The SMILES string of the molecule is CC(C)c1noc(CN2CCN(S(=O)(=O)c3ccc(C(F)(F)F)cc3)CC2)n1. The van der Waals surface area contributed by atoms with Crippen molar-refractivity contribution in [2.24, 2.45) is 0 Å². The Morgan fingerprint density at radius 2 is 1.71 bits per heavy atom. The highest BCUT2D eigenvalue weighted by molar-refractivity contribution is 7.89. The average Bonchev–Trinajstić information content (AvgIpc) is 3.10. The van der Waals surface area contributed by atoms with Gasteiger partial charge in [0.05, 0.1) is 17.0 Å². The van der Waals surface area contributed by atoms with Crippen molar-refractivity contribution in [2.75, 3.05) is 26.2 Å². The van der Waals surface area contributed by atoms with Crippen LogP contribution < -0.4 is 0 Å². The van der Waals surface area contributed by atoms with E-state index in [1.54, 1.807) is 0 Å². The summed E-state index contributed by atoms with van der Waals surface area (Å²) in [7, 11) is -3.84. The van der Waals surface area contributed by atoms with Gasteiger partial charge in [-0.15, -0.1) is 0 Å². The maximum atomic E-state index is 12.7. The Balaban J connectivity index is 1.61.